The highest BCUT2D eigenvalue weighted by Crippen LogP contribution is 2.05. The quantitative estimate of drug-likeness (QED) is 0.473. The van der Waals surface area contributed by atoms with Gasteiger partial charge < -0.3 is 20.1 Å². The number of halogens is 1. The van der Waals surface area contributed by atoms with Crippen molar-refractivity contribution < 1.29 is 24.2 Å². The molecule has 2 aromatic rings. The maximum Gasteiger partial charge on any atom is 0.328 e. The smallest absolute Gasteiger partial charge is 0.328 e. The number of carboxylic acid groups (broad SMARTS) is 1. The van der Waals surface area contributed by atoms with Gasteiger partial charge in [-0.2, -0.15) is 4.98 Å². The van der Waals surface area contributed by atoms with Crippen LogP contribution >= 0.6 is 11.6 Å². The highest BCUT2D eigenvalue weighted by Gasteiger charge is 2.25. The van der Waals surface area contributed by atoms with Crippen LogP contribution in [0.5, 0.6) is 0 Å². The van der Waals surface area contributed by atoms with E-state index < -0.39 is 17.9 Å². The zero-order chi connectivity index (χ0) is 18.1. The predicted octanol–water partition coefficient (Wildman–Crippen LogP) is -0.593. The number of imidazole rings is 1. The Bertz CT molecular complexity index is 667. The number of aryl methyl sites for hydroxylation is 1. The Balaban J connectivity index is 0.000000891. The van der Waals surface area contributed by atoms with Gasteiger partial charge in [0.2, 0.25) is 11.1 Å². The number of methoxy groups -OCH3 is 1. The fourth-order valence-electron chi connectivity index (χ4n) is 1.64. The Kier molecular flexibility index (Phi) is 7.36. The van der Waals surface area contributed by atoms with Gasteiger partial charge in [-0.3, -0.25) is 9.59 Å². The number of esters is 1. The van der Waals surface area contributed by atoms with Crippen molar-refractivity contribution in [2.45, 2.75) is 12.5 Å². The first-order valence-corrected chi connectivity index (χ1v) is 6.81. The monoisotopic (exact) mass is 358 g/mol. The third-order valence-corrected chi connectivity index (χ3v) is 3.01. The normalized spacial score (nSPS) is 11.0. The van der Waals surface area contributed by atoms with Crippen LogP contribution in [0.25, 0.3) is 0 Å². The molecule has 0 aromatic carbocycles. The van der Waals surface area contributed by atoms with Crippen molar-refractivity contribution in [1.82, 2.24) is 30.0 Å². The summed E-state index contributed by atoms with van der Waals surface area (Å²) in [6.45, 7) is -0.250. The van der Waals surface area contributed by atoms with Gasteiger partial charge in [0.25, 0.3) is 12.4 Å². The molecule has 130 valence electrons. The topological polar surface area (TPSA) is 152 Å². The molecule has 0 aliphatic carbocycles. The van der Waals surface area contributed by atoms with E-state index >= 15 is 0 Å². The van der Waals surface area contributed by atoms with Crippen LogP contribution in [-0.4, -0.2) is 61.3 Å². The Morgan fingerprint density at radius 2 is 2.25 bits per heavy atom. The summed E-state index contributed by atoms with van der Waals surface area (Å²) in [6.07, 6.45) is 3.24. The Hall–Kier alpha value is -2.95. The highest BCUT2D eigenvalue weighted by molar-refractivity contribution is 6.28. The lowest BCUT2D eigenvalue weighted by Crippen LogP contribution is -2.43. The van der Waals surface area contributed by atoms with Crippen molar-refractivity contribution in [2.24, 2.45) is 7.05 Å². The van der Waals surface area contributed by atoms with Crippen molar-refractivity contribution in [3.63, 3.8) is 0 Å². The molecular formula is C12H15ClN6O5. The number of carbonyl (C=O) groups is 3. The molecule has 0 saturated carbocycles. The summed E-state index contributed by atoms with van der Waals surface area (Å²) < 4.78 is 5.92. The molecule has 0 radical (unpaired) electrons. The van der Waals surface area contributed by atoms with E-state index in [2.05, 4.69) is 30.1 Å². The van der Waals surface area contributed by atoms with E-state index in [9.17, 15) is 9.59 Å². The summed E-state index contributed by atoms with van der Waals surface area (Å²) in [6, 6.07) is -0.884. The van der Waals surface area contributed by atoms with Gasteiger partial charge >= 0.3 is 5.97 Å². The number of aromatic nitrogens is 5. The van der Waals surface area contributed by atoms with Crippen LogP contribution in [-0.2, 0) is 27.8 Å². The number of amides is 1. The largest absolute Gasteiger partial charge is 0.483 e. The first-order valence-electron chi connectivity index (χ1n) is 6.43. The summed E-state index contributed by atoms with van der Waals surface area (Å²) in [5.74, 6) is -1.33. The minimum absolute atomic E-state index is 0.0725. The Morgan fingerprint density at radius 1 is 1.58 bits per heavy atom. The second-order valence-electron chi connectivity index (χ2n) is 4.26. The molecular weight excluding hydrogens is 344 g/mol. The number of nitrogens with one attached hydrogen (secondary N) is 2. The third kappa shape index (κ3) is 5.35. The lowest BCUT2D eigenvalue weighted by molar-refractivity contribution is -0.142. The van der Waals surface area contributed by atoms with Crippen LogP contribution in [0.15, 0.2) is 12.5 Å². The molecule has 2 aromatic heterocycles. The third-order valence-electron chi connectivity index (χ3n) is 2.68. The van der Waals surface area contributed by atoms with Gasteiger partial charge in [0.15, 0.2) is 0 Å². The highest BCUT2D eigenvalue weighted by atomic mass is 35.5. The molecule has 1 amide bonds. The molecule has 24 heavy (non-hydrogen) atoms. The molecule has 0 aliphatic rings. The van der Waals surface area contributed by atoms with Crippen molar-refractivity contribution in [1.29, 1.82) is 0 Å². The van der Waals surface area contributed by atoms with E-state index in [1.54, 1.807) is 13.2 Å². The number of nitrogens with zero attached hydrogens (tertiary/aromatic N) is 4. The standard InChI is InChI=1S/C11H13ClN6O3.CH2O2/c1-18-11(12)16-8(17-18)9(19)15-7(10(20)21-2)3-6-4-13-5-14-6;2-1-3/h4-5,7H,3H2,1-2H3,(H,13,14)(H,15,19);1H,(H,2,3)/t7-;/m0./s1. The van der Waals surface area contributed by atoms with Crippen LogP contribution in [0, 0.1) is 0 Å². The maximum absolute atomic E-state index is 12.0. The first kappa shape index (κ1) is 19.1. The van der Waals surface area contributed by atoms with Crippen LogP contribution in [0.4, 0.5) is 0 Å². The number of hydrogen-bond donors (Lipinski definition) is 3. The predicted molar refractivity (Wildman–Crippen MR) is 80.3 cm³/mol. The lowest BCUT2D eigenvalue weighted by atomic mass is 10.1. The van der Waals surface area contributed by atoms with Gasteiger partial charge in [-0.25, -0.2) is 14.5 Å². The minimum Gasteiger partial charge on any atom is -0.483 e. The average molecular weight is 359 g/mol. The molecule has 11 nitrogen and oxygen atoms in total. The molecule has 0 aliphatic heterocycles. The number of aromatic amines is 1. The van der Waals surface area contributed by atoms with Gasteiger partial charge in [-0.1, -0.05) is 0 Å². The molecule has 0 unspecified atom stereocenters. The van der Waals surface area contributed by atoms with Gasteiger partial charge in [0.05, 0.1) is 13.4 Å². The molecule has 2 rings (SSSR count). The first-order chi connectivity index (χ1) is 11.4. The van der Waals surface area contributed by atoms with E-state index in [0.29, 0.717) is 5.69 Å². The summed E-state index contributed by atoms with van der Waals surface area (Å²) in [5, 5.41) is 13.3. The number of carbonyl (C=O) groups excluding carboxylic acids is 2. The second-order valence-corrected chi connectivity index (χ2v) is 4.60. The molecule has 0 saturated heterocycles. The number of rotatable bonds is 5. The minimum atomic E-state index is -0.884. The zero-order valence-corrected chi connectivity index (χ0v) is 13.5. The summed E-state index contributed by atoms with van der Waals surface area (Å²) in [5.41, 5.74) is 0.678. The van der Waals surface area contributed by atoms with E-state index in [4.69, 9.17) is 21.5 Å². The van der Waals surface area contributed by atoms with E-state index in [1.165, 1.54) is 18.1 Å². The van der Waals surface area contributed by atoms with Crippen LogP contribution in [0.1, 0.15) is 16.3 Å². The fourth-order valence-corrected chi connectivity index (χ4v) is 1.75. The number of ether oxygens (including phenoxy) is 1. The van der Waals surface area contributed by atoms with E-state index in [1.807, 2.05) is 0 Å². The van der Waals surface area contributed by atoms with Gasteiger partial charge in [-0.05, 0) is 11.6 Å². The van der Waals surface area contributed by atoms with Crippen molar-refractivity contribution in [3.05, 3.63) is 29.3 Å². The summed E-state index contributed by atoms with van der Waals surface area (Å²) in [4.78, 5) is 42.6. The molecule has 1 atom stereocenters. The molecule has 0 spiro atoms. The molecule has 0 fully saturated rings. The van der Waals surface area contributed by atoms with Gasteiger partial charge in [0, 0.05) is 25.4 Å². The zero-order valence-electron chi connectivity index (χ0n) is 12.8. The van der Waals surface area contributed by atoms with Crippen LogP contribution < -0.4 is 5.32 Å². The lowest BCUT2D eigenvalue weighted by Gasteiger charge is -2.14. The van der Waals surface area contributed by atoms with E-state index in [0.717, 1.165) is 0 Å². The summed E-state index contributed by atoms with van der Waals surface area (Å²) >= 11 is 5.72. The van der Waals surface area contributed by atoms with Gasteiger partial charge in [0.1, 0.15) is 6.04 Å². The van der Waals surface area contributed by atoms with Crippen molar-refractivity contribution in [2.75, 3.05) is 7.11 Å². The Labute approximate surface area is 141 Å². The molecule has 2 heterocycles. The fraction of sp³-hybridized carbons (Fsp3) is 0.333. The number of H-pyrrole nitrogens is 1. The molecule has 3 N–H and O–H groups in total. The van der Waals surface area contributed by atoms with Crippen molar-refractivity contribution in [3.8, 4) is 0 Å². The summed E-state index contributed by atoms with van der Waals surface area (Å²) in [7, 11) is 2.79. The SMILES string of the molecule is COC(=O)[C@H](Cc1cnc[nH]1)NC(=O)c1nc(Cl)n(C)n1.O=CO. The Morgan fingerprint density at radius 3 is 2.71 bits per heavy atom. The molecule has 12 heteroatoms. The molecule has 0 bridgehead atoms. The van der Waals surface area contributed by atoms with Crippen molar-refractivity contribution >= 4 is 29.9 Å². The average Bonchev–Trinajstić information content (AvgIpc) is 3.17. The number of hydrogen-bond acceptors (Lipinski definition) is 7. The van der Waals surface area contributed by atoms with Crippen LogP contribution in [0.2, 0.25) is 5.28 Å². The van der Waals surface area contributed by atoms with Crippen LogP contribution in [0.3, 0.4) is 0 Å². The van der Waals surface area contributed by atoms with E-state index in [-0.39, 0.29) is 24.0 Å². The maximum atomic E-state index is 12.0. The second kappa shape index (κ2) is 9.25. The van der Waals surface area contributed by atoms with Gasteiger partial charge in [-0.15, -0.1) is 5.10 Å².